The van der Waals surface area contributed by atoms with Crippen LogP contribution in [0.25, 0.3) is 0 Å². The lowest BCUT2D eigenvalue weighted by molar-refractivity contribution is -0.121. The number of carbonyl (C=O) groups excluding carboxylic acids is 3. The summed E-state index contributed by atoms with van der Waals surface area (Å²) in [6.45, 7) is 0.141. The molecule has 0 spiro atoms. The van der Waals surface area contributed by atoms with Gasteiger partial charge in [0.05, 0.1) is 31.2 Å². The molecular formula is C15H12Cl4N2O3. The van der Waals surface area contributed by atoms with Crippen LogP contribution in [0.3, 0.4) is 0 Å². The molecule has 0 atom stereocenters. The molecule has 3 amide bonds. The van der Waals surface area contributed by atoms with Crippen LogP contribution in [0.2, 0.25) is 20.1 Å². The Morgan fingerprint density at radius 3 is 1.88 bits per heavy atom. The lowest BCUT2D eigenvalue weighted by Crippen LogP contribution is -2.42. The Balaban J connectivity index is 1.81. The van der Waals surface area contributed by atoms with Crippen LogP contribution in [0.5, 0.6) is 0 Å². The molecule has 9 heteroatoms. The fourth-order valence-corrected chi connectivity index (χ4v) is 3.71. The lowest BCUT2D eigenvalue weighted by Gasteiger charge is -2.25. The van der Waals surface area contributed by atoms with E-state index < -0.39 is 24.3 Å². The minimum Gasteiger partial charge on any atom is -0.354 e. The van der Waals surface area contributed by atoms with Gasteiger partial charge in [0.15, 0.2) is 0 Å². The fraction of sp³-hybridized carbons (Fsp3) is 0.400. The molecule has 5 nitrogen and oxygen atoms in total. The summed E-state index contributed by atoms with van der Waals surface area (Å²) in [6.07, 6.45) is 3.32. The van der Waals surface area contributed by atoms with Gasteiger partial charge in [0.2, 0.25) is 5.91 Å². The summed E-state index contributed by atoms with van der Waals surface area (Å²) >= 11 is 23.9. The predicted octanol–water partition coefficient (Wildman–Crippen LogP) is 3.81. The van der Waals surface area contributed by atoms with Crippen LogP contribution in [-0.4, -0.2) is 35.7 Å². The number of carbonyl (C=O) groups is 3. The van der Waals surface area contributed by atoms with E-state index in [0.29, 0.717) is 12.5 Å². The third kappa shape index (κ3) is 2.88. The van der Waals surface area contributed by atoms with E-state index in [2.05, 4.69) is 5.32 Å². The molecule has 1 fully saturated rings. The summed E-state index contributed by atoms with van der Waals surface area (Å²) in [4.78, 5) is 37.7. The molecule has 24 heavy (non-hydrogen) atoms. The average Bonchev–Trinajstić information content (AvgIpc) is 2.74. The maximum atomic E-state index is 12.5. The molecule has 0 radical (unpaired) electrons. The highest BCUT2D eigenvalue weighted by Crippen LogP contribution is 2.44. The van der Waals surface area contributed by atoms with Crippen LogP contribution in [0.4, 0.5) is 0 Å². The van der Waals surface area contributed by atoms with Crippen LogP contribution >= 0.6 is 46.4 Å². The van der Waals surface area contributed by atoms with Gasteiger partial charge in [0, 0.05) is 6.54 Å². The Morgan fingerprint density at radius 1 is 0.958 bits per heavy atom. The van der Waals surface area contributed by atoms with E-state index in [1.807, 2.05) is 0 Å². The van der Waals surface area contributed by atoms with Gasteiger partial charge in [0.25, 0.3) is 11.8 Å². The zero-order valence-electron chi connectivity index (χ0n) is 12.3. The molecule has 1 aliphatic carbocycles. The molecule has 0 bridgehead atoms. The third-order valence-corrected chi connectivity index (χ3v) is 6.10. The summed E-state index contributed by atoms with van der Waals surface area (Å²) in [5, 5.41) is 2.25. The van der Waals surface area contributed by atoms with E-state index in [9.17, 15) is 14.4 Å². The first-order chi connectivity index (χ1) is 11.3. The Bertz CT molecular complexity index is 715. The van der Waals surface area contributed by atoms with Crippen LogP contribution in [0.1, 0.15) is 40.0 Å². The first-order valence-electron chi connectivity index (χ1n) is 7.31. The van der Waals surface area contributed by atoms with Crippen molar-refractivity contribution in [3.63, 3.8) is 0 Å². The Hall–Kier alpha value is -1.01. The molecule has 1 aromatic carbocycles. The van der Waals surface area contributed by atoms with Crippen molar-refractivity contribution in [1.82, 2.24) is 10.2 Å². The number of nitrogens with one attached hydrogen (secondary N) is 1. The van der Waals surface area contributed by atoms with Gasteiger partial charge in [-0.2, -0.15) is 0 Å². The molecule has 1 aliphatic heterocycles. The largest absolute Gasteiger partial charge is 0.354 e. The quantitative estimate of drug-likeness (QED) is 0.467. The van der Waals surface area contributed by atoms with Crippen molar-refractivity contribution >= 4 is 64.1 Å². The number of halogens is 4. The lowest BCUT2D eigenvalue weighted by atomic mass is 9.85. The maximum absolute atomic E-state index is 12.5. The van der Waals surface area contributed by atoms with Crippen molar-refractivity contribution < 1.29 is 14.4 Å². The molecule has 1 heterocycles. The Labute approximate surface area is 158 Å². The molecule has 1 saturated carbocycles. The molecule has 128 valence electrons. The SMILES string of the molecule is O=C(CN1C(=O)c2c(Cl)c(Cl)c(Cl)c(Cl)c2C1=O)NCC1CCC1. The molecular weight excluding hydrogens is 398 g/mol. The summed E-state index contributed by atoms with van der Waals surface area (Å²) in [5.74, 6) is -1.36. The van der Waals surface area contributed by atoms with Gasteiger partial charge < -0.3 is 5.32 Å². The molecule has 3 rings (SSSR count). The number of rotatable bonds is 4. The summed E-state index contributed by atoms with van der Waals surface area (Å²) in [7, 11) is 0. The van der Waals surface area contributed by atoms with Crippen molar-refractivity contribution in [1.29, 1.82) is 0 Å². The summed E-state index contributed by atoms with van der Waals surface area (Å²) in [5.41, 5.74) is -0.235. The van der Waals surface area contributed by atoms with Gasteiger partial charge >= 0.3 is 0 Å². The molecule has 2 aliphatic rings. The van der Waals surface area contributed by atoms with Crippen molar-refractivity contribution in [2.24, 2.45) is 5.92 Å². The second kappa shape index (κ2) is 6.71. The van der Waals surface area contributed by atoms with E-state index in [1.54, 1.807) is 0 Å². The van der Waals surface area contributed by atoms with E-state index in [-0.39, 0.29) is 31.2 Å². The Kier molecular flexibility index (Phi) is 4.98. The summed E-state index contributed by atoms with van der Waals surface area (Å²) < 4.78 is 0. The number of nitrogens with zero attached hydrogens (tertiary/aromatic N) is 1. The van der Waals surface area contributed by atoms with Gasteiger partial charge in [-0.15, -0.1) is 0 Å². The normalized spacial score (nSPS) is 17.1. The minimum atomic E-state index is -0.709. The average molecular weight is 410 g/mol. The summed E-state index contributed by atoms with van der Waals surface area (Å²) in [6, 6.07) is 0. The van der Waals surface area contributed by atoms with Gasteiger partial charge in [0.1, 0.15) is 6.54 Å². The maximum Gasteiger partial charge on any atom is 0.263 e. The van der Waals surface area contributed by atoms with Crippen LogP contribution in [0.15, 0.2) is 0 Å². The van der Waals surface area contributed by atoms with Gasteiger partial charge in [-0.05, 0) is 18.8 Å². The molecule has 0 saturated heterocycles. The van der Waals surface area contributed by atoms with Crippen molar-refractivity contribution in [3.8, 4) is 0 Å². The number of imide groups is 1. The monoisotopic (exact) mass is 408 g/mol. The third-order valence-electron chi connectivity index (χ3n) is 4.30. The van der Waals surface area contributed by atoms with Gasteiger partial charge in [-0.3, -0.25) is 19.3 Å². The molecule has 0 aromatic heterocycles. The number of hydrogen-bond acceptors (Lipinski definition) is 3. The molecule has 1 N–H and O–H groups in total. The van der Waals surface area contributed by atoms with Crippen molar-refractivity contribution in [3.05, 3.63) is 31.2 Å². The van der Waals surface area contributed by atoms with Gasteiger partial charge in [-0.1, -0.05) is 52.8 Å². The topological polar surface area (TPSA) is 66.5 Å². The minimum absolute atomic E-state index is 0.0977. The second-order valence-corrected chi connectivity index (χ2v) is 7.32. The van der Waals surface area contributed by atoms with E-state index in [4.69, 9.17) is 46.4 Å². The van der Waals surface area contributed by atoms with Gasteiger partial charge in [-0.25, -0.2) is 0 Å². The molecule has 1 aromatic rings. The zero-order valence-corrected chi connectivity index (χ0v) is 15.3. The predicted molar refractivity (Wildman–Crippen MR) is 92.2 cm³/mol. The standard InChI is InChI=1S/C15H12Cl4N2O3/c16-10-8-9(11(17)13(19)12(10)18)15(24)21(14(8)23)5-7(22)20-4-6-2-1-3-6/h6H,1-5H2,(H,20,22). The van der Waals surface area contributed by atoms with Crippen molar-refractivity contribution in [2.45, 2.75) is 19.3 Å². The Morgan fingerprint density at radius 2 is 1.46 bits per heavy atom. The van der Waals surface area contributed by atoms with Crippen LogP contribution in [-0.2, 0) is 4.79 Å². The second-order valence-electron chi connectivity index (χ2n) is 5.80. The first kappa shape index (κ1) is 17.8. The smallest absolute Gasteiger partial charge is 0.263 e. The van der Waals surface area contributed by atoms with E-state index >= 15 is 0 Å². The molecule has 0 unspecified atom stereocenters. The highest BCUT2D eigenvalue weighted by atomic mass is 35.5. The van der Waals surface area contributed by atoms with E-state index in [1.165, 1.54) is 0 Å². The first-order valence-corrected chi connectivity index (χ1v) is 8.83. The number of benzene rings is 1. The number of hydrogen-bond donors (Lipinski definition) is 1. The zero-order chi connectivity index (χ0) is 17.6. The van der Waals surface area contributed by atoms with E-state index in [0.717, 1.165) is 24.2 Å². The number of amides is 3. The van der Waals surface area contributed by atoms with Crippen LogP contribution in [0, 0.1) is 5.92 Å². The number of fused-ring (bicyclic) bond motifs is 1. The highest BCUT2D eigenvalue weighted by Gasteiger charge is 2.42. The van der Waals surface area contributed by atoms with Crippen molar-refractivity contribution in [2.75, 3.05) is 13.1 Å². The highest BCUT2D eigenvalue weighted by molar-refractivity contribution is 6.55. The van der Waals surface area contributed by atoms with Crippen LogP contribution < -0.4 is 5.32 Å². The fourth-order valence-electron chi connectivity index (χ4n) is 2.69.